The molecule has 5 nitrogen and oxygen atoms in total. The average molecular weight is 257 g/mol. The number of aromatic carboxylic acids is 1. The van der Waals surface area contributed by atoms with Crippen molar-refractivity contribution < 1.29 is 23.8 Å². The van der Waals surface area contributed by atoms with Gasteiger partial charge in [-0.1, -0.05) is 6.92 Å². The summed E-state index contributed by atoms with van der Waals surface area (Å²) >= 11 is 0. The van der Waals surface area contributed by atoms with Crippen molar-refractivity contribution in [2.24, 2.45) is 0 Å². The Balaban J connectivity index is 2.65. The Labute approximate surface area is 104 Å². The van der Waals surface area contributed by atoms with Crippen LogP contribution in [-0.4, -0.2) is 30.9 Å². The Bertz CT molecular complexity index is 423. The molecule has 6 heteroatoms. The van der Waals surface area contributed by atoms with Crippen LogP contribution >= 0.6 is 0 Å². The van der Waals surface area contributed by atoms with Crippen molar-refractivity contribution in [1.82, 2.24) is 0 Å². The van der Waals surface area contributed by atoms with E-state index in [1.54, 1.807) is 0 Å². The third-order valence-corrected chi connectivity index (χ3v) is 2.17. The zero-order valence-electron chi connectivity index (χ0n) is 10.1. The zero-order chi connectivity index (χ0) is 13.5. The molecule has 0 aliphatic rings. The minimum Gasteiger partial charge on any atom is -0.488 e. The fraction of sp³-hybridized carbons (Fsp3) is 0.417. The second-order valence-corrected chi connectivity index (χ2v) is 3.64. The summed E-state index contributed by atoms with van der Waals surface area (Å²) in [6, 6.07) is 2.01. The Morgan fingerprint density at radius 1 is 1.39 bits per heavy atom. The fourth-order valence-corrected chi connectivity index (χ4v) is 1.32. The number of carboxylic acids is 1. The molecule has 1 aromatic rings. The highest BCUT2D eigenvalue weighted by molar-refractivity contribution is 5.94. The number of carbonyl (C=O) groups is 1. The smallest absolute Gasteiger partial charge is 0.337 e. The molecule has 0 spiro atoms. The third-order valence-electron chi connectivity index (χ3n) is 2.17. The highest BCUT2D eigenvalue weighted by Gasteiger charge is 2.14. The van der Waals surface area contributed by atoms with Crippen LogP contribution in [0.2, 0.25) is 0 Å². The van der Waals surface area contributed by atoms with Crippen LogP contribution in [0.25, 0.3) is 0 Å². The van der Waals surface area contributed by atoms with Crippen molar-refractivity contribution in [3.63, 3.8) is 0 Å². The van der Waals surface area contributed by atoms with Gasteiger partial charge in [-0.15, -0.1) is 0 Å². The lowest BCUT2D eigenvalue weighted by Crippen LogP contribution is -2.10. The Morgan fingerprint density at radius 3 is 2.72 bits per heavy atom. The van der Waals surface area contributed by atoms with E-state index in [0.29, 0.717) is 13.2 Å². The lowest BCUT2D eigenvalue weighted by atomic mass is 10.1. The molecule has 0 atom stereocenters. The Hall–Kier alpha value is -1.82. The lowest BCUT2D eigenvalue weighted by Gasteiger charge is -2.09. The van der Waals surface area contributed by atoms with Gasteiger partial charge in [-0.2, -0.15) is 0 Å². The highest BCUT2D eigenvalue weighted by Crippen LogP contribution is 2.24. The SMILES string of the molecule is CCCOCCOc1cc(C(=O)O)c(N)cc1F. The van der Waals surface area contributed by atoms with Crippen molar-refractivity contribution in [3.8, 4) is 5.75 Å². The Kier molecular flexibility index (Phi) is 5.38. The van der Waals surface area contributed by atoms with E-state index in [0.717, 1.165) is 18.6 Å². The van der Waals surface area contributed by atoms with Crippen molar-refractivity contribution >= 4 is 11.7 Å². The summed E-state index contributed by atoms with van der Waals surface area (Å²) in [5.41, 5.74) is 5.07. The van der Waals surface area contributed by atoms with Crippen LogP contribution in [-0.2, 0) is 4.74 Å². The molecule has 18 heavy (non-hydrogen) atoms. The van der Waals surface area contributed by atoms with E-state index in [9.17, 15) is 9.18 Å². The monoisotopic (exact) mass is 257 g/mol. The quantitative estimate of drug-likeness (QED) is 0.576. The molecule has 0 bridgehead atoms. The largest absolute Gasteiger partial charge is 0.488 e. The van der Waals surface area contributed by atoms with Gasteiger partial charge in [0, 0.05) is 18.4 Å². The molecule has 0 aromatic heterocycles. The van der Waals surface area contributed by atoms with Crippen LogP contribution in [0.1, 0.15) is 23.7 Å². The maximum Gasteiger partial charge on any atom is 0.337 e. The van der Waals surface area contributed by atoms with E-state index < -0.39 is 11.8 Å². The normalized spacial score (nSPS) is 10.3. The Morgan fingerprint density at radius 2 is 2.11 bits per heavy atom. The second-order valence-electron chi connectivity index (χ2n) is 3.64. The van der Waals surface area contributed by atoms with Crippen molar-refractivity contribution in [1.29, 1.82) is 0 Å². The maximum absolute atomic E-state index is 13.4. The number of hydrogen-bond acceptors (Lipinski definition) is 4. The predicted octanol–water partition coefficient (Wildman–Crippen LogP) is 1.91. The van der Waals surface area contributed by atoms with Crippen LogP contribution in [0.4, 0.5) is 10.1 Å². The van der Waals surface area contributed by atoms with E-state index in [1.165, 1.54) is 0 Å². The minimum absolute atomic E-state index is 0.130. The van der Waals surface area contributed by atoms with Gasteiger partial charge in [0.2, 0.25) is 0 Å². The van der Waals surface area contributed by atoms with Gasteiger partial charge in [0.25, 0.3) is 0 Å². The van der Waals surface area contributed by atoms with Gasteiger partial charge in [0.05, 0.1) is 12.2 Å². The van der Waals surface area contributed by atoms with Gasteiger partial charge in [0.1, 0.15) is 6.61 Å². The number of nitrogens with two attached hydrogens (primary N) is 1. The molecule has 0 aliphatic heterocycles. The van der Waals surface area contributed by atoms with Crippen LogP contribution in [0, 0.1) is 5.82 Å². The first-order valence-corrected chi connectivity index (χ1v) is 5.59. The van der Waals surface area contributed by atoms with Crippen LogP contribution in [0.15, 0.2) is 12.1 Å². The first kappa shape index (κ1) is 14.2. The highest BCUT2D eigenvalue weighted by atomic mass is 19.1. The molecule has 0 unspecified atom stereocenters. The van der Waals surface area contributed by atoms with Gasteiger partial charge >= 0.3 is 5.97 Å². The number of carboxylic acid groups (broad SMARTS) is 1. The number of benzene rings is 1. The van der Waals surface area contributed by atoms with E-state index in [1.807, 2.05) is 6.92 Å². The zero-order valence-corrected chi connectivity index (χ0v) is 10.1. The van der Waals surface area contributed by atoms with E-state index in [2.05, 4.69) is 0 Å². The predicted molar refractivity (Wildman–Crippen MR) is 64.4 cm³/mol. The first-order chi connectivity index (χ1) is 8.56. The second kappa shape index (κ2) is 6.80. The molecule has 1 aromatic carbocycles. The number of hydrogen-bond donors (Lipinski definition) is 2. The van der Waals surface area contributed by atoms with Gasteiger partial charge in [0.15, 0.2) is 11.6 Å². The summed E-state index contributed by atoms with van der Waals surface area (Å²) in [5, 5.41) is 8.84. The van der Waals surface area contributed by atoms with E-state index in [-0.39, 0.29) is 23.6 Å². The molecule has 100 valence electrons. The molecule has 0 aliphatic carbocycles. The standard InChI is InChI=1S/C12H16FNO4/c1-2-3-17-4-5-18-11-6-8(12(15)16)10(14)7-9(11)13/h6-7H,2-5,14H2,1H3,(H,15,16). The molecule has 0 saturated carbocycles. The molecule has 1 rings (SSSR count). The molecular formula is C12H16FNO4. The maximum atomic E-state index is 13.4. The summed E-state index contributed by atoms with van der Waals surface area (Å²) in [6.07, 6.45) is 0.888. The van der Waals surface area contributed by atoms with Crippen molar-refractivity contribution in [2.45, 2.75) is 13.3 Å². The topological polar surface area (TPSA) is 81.8 Å². The number of anilines is 1. The van der Waals surface area contributed by atoms with Gasteiger partial charge < -0.3 is 20.3 Å². The minimum atomic E-state index is -1.22. The molecule has 0 radical (unpaired) electrons. The van der Waals surface area contributed by atoms with Crippen molar-refractivity contribution in [3.05, 3.63) is 23.5 Å². The summed E-state index contributed by atoms with van der Waals surface area (Å²) in [4.78, 5) is 10.8. The van der Waals surface area contributed by atoms with Crippen LogP contribution in [0.3, 0.4) is 0 Å². The van der Waals surface area contributed by atoms with E-state index >= 15 is 0 Å². The molecule has 3 N–H and O–H groups in total. The number of nitrogen functional groups attached to an aromatic ring is 1. The van der Waals surface area contributed by atoms with Gasteiger partial charge in [-0.25, -0.2) is 9.18 Å². The van der Waals surface area contributed by atoms with Crippen LogP contribution in [0.5, 0.6) is 5.75 Å². The molecule has 0 amide bonds. The molecule has 0 saturated heterocycles. The molecule has 0 heterocycles. The first-order valence-electron chi connectivity index (χ1n) is 5.59. The number of rotatable bonds is 7. The lowest BCUT2D eigenvalue weighted by molar-refractivity contribution is 0.0697. The van der Waals surface area contributed by atoms with Gasteiger partial charge in [-0.05, 0) is 12.5 Å². The number of halogens is 1. The molecular weight excluding hydrogens is 241 g/mol. The third kappa shape index (κ3) is 3.89. The van der Waals surface area contributed by atoms with Crippen molar-refractivity contribution in [2.75, 3.05) is 25.6 Å². The number of ether oxygens (including phenoxy) is 2. The summed E-state index contributed by atoms with van der Waals surface area (Å²) in [5.74, 6) is -2.05. The summed E-state index contributed by atoms with van der Waals surface area (Å²) in [7, 11) is 0. The van der Waals surface area contributed by atoms with Crippen LogP contribution < -0.4 is 10.5 Å². The van der Waals surface area contributed by atoms with E-state index in [4.69, 9.17) is 20.3 Å². The average Bonchev–Trinajstić information content (AvgIpc) is 2.30. The summed E-state index contributed by atoms with van der Waals surface area (Å²) < 4.78 is 23.7. The van der Waals surface area contributed by atoms with Gasteiger partial charge in [-0.3, -0.25) is 0 Å². The molecule has 0 fully saturated rings. The fourth-order valence-electron chi connectivity index (χ4n) is 1.32. The summed E-state index contributed by atoms with van der Waals surface area (Å²) in [6.45, 7) is 3.05.